The van der Waals surface area contributed by atoms with Crippen LogP contribution in [0, 0.1) is 29.1 Å². The van der Waals surface area contributed by atoms with Crippen LogP contribution in [0.3, 0.4) is 0 Å². The second kappa shape index (κ2) is 8.55. The number of halogens is 5. The van der Waals surface area contributed by atoms with Gasteiger partial charge in [-0.15, -0.1) is 0 Å². The Balaban J connectivity index is 1.80. The second-order valence-corrected chi connectivity index (χ2v) is 6.72. The zero-order valence-electron chi connectivity index (χ0n) is 15.3. The van der Waals surface area contributed by atoms with Gasteiger partial charge in [-0.2, -0.15) is 0 Å². The third kappa shape index (κ3) is 4.24. The second-order valence-electron chi connectivity index (χ2n) is 6.72. The summed E-state index contributed by atoms with van der Waals surface area (Å²) in [5.41, 5.74) is 2.12. The average Bonchev–Trinajstić information content (AvgIpc) is 2.68. The van der Waals surface area contributed by atoms with Crippen LogP contribution in [-0.4, -0.2) is 0 Å². The molecule has 0 saturated heterocycles. The van der Waals surface area contributed by atoms with E-state index >= 15 is 0 Å². The molecule has 0 aliphatic rings. The van der Waals surface area contributed by atoms with E-state index in [1.165, 1.54) is 12.1 Å². The van der Waals surface area contributed by atoms with Crippen LogP contribution < -0.4 is 0 Å². The maximum absolute atomic E-state index is 14.6. The number of aryl methyl sites for hydroxylation is 3. The molecule has 0 spiro atoms. The van der Waals surface area contributed by atoms with Crippen LogP contribution >= 0.6 is 0 Å². The Morgan fingerprint density at radius 2 is 1.25 bits per heavy atom. The molecule has 0 aromatic heterocycles. The fourth-order valence-electron chi connectivity index (χ4n) is 3.18. The van der Waals surface area contributed by atoms with Gasteiger partial charge in [-0.1, -0.05) is 49.7 Å². The molecule has 0 N–H and O–H groups in total. The molecule has 5 heteroatoms. The summed E-state index contributed by atoms with van der Waals surface area (Å²) in [4.78, 5) is 0. The molecule has 0 saturated carbocycles. The van der Waals surface area contributed by atoms with Crippen molar-refractivity contribution in [2.75, 3.05) is 0 Å². The fourth-order valence-corrected chi connectivity index (χ4v) is 3.18. The first-order chi connectivity index (χ1) is 13.4. The van der Waals surface area contributed by atoms with Crippen molar-refractivity contribution in [2.24, 2.45) is 0 Å². The van der Waals surface area contributed by atoms with Crippen molar-refractivity contribution in [1.29, 1.82) is 0 Å². The molecule has 0 fully saturated rings. The lowest BCUT2D eigenvalue weighted by Gasteiger charge is -2.10. The zero-order chi connectivity index (χ0) is 20.3. The number of hydrogen-bond donors (Lipinski definition) is 0. The minimum atomic E-state index is -1.55. The number of hydrogen-bond acceptors (Lipinski definition) is 0. The van der Waals surface area contributed by atoms with Crippen molar-refractivity contribution in [3.05, 3.63) is 94.3 Å². The Hall–Kier alpha value is -2.69. The molecule has 0 amide bonds. The maximum Gasteiger partial charge on any atom is 0.194 e. The molecule has 0 bridgehead atoms. The van der Waals surface area contributed by atoms with Gasteiger partial charge in [0, 0.05) is 5.56 Å². The highest BCUT2D eigenvalue weighted by Crippen LogP contribution is 2.28. The Morgan fingerprint density at radius 3 is 1.86 bits per heavy atom. The van der Waals surface area contributed by atoms with Crippen molar-refractivity contribution in [1.82, 2.24) is 0 Å². The highest BCUT2D eigenvalue weighted by molar-refractivity contribution is 5.65. The van der Waals surface area contributed by atoms with Gasteiger partial charge in [0.25, 0.3) is 0 Å². The van der Waals surface area contributed by atoms with E-state index in [9.17, 15) is 22.0 Å². The molecule has 3 aromatic rings. The first-order valence-corrected chi connectivity index (χ1v) is 9.10. The molecule has 3 rings (SSSR count). The molecular weight excluding hydrogens is 371 g/mol. The summed E-state index contributed by atoms with van der Waals surface area (Å²) in [5, 5.41) is 0. The highest BCUT2D eigenvalue weighted by Gasteiger charge is 2.16. The van der Waals surface area contributed by atoms with Gasteiger partial charge in [0.05, 0.1) is 0 Å². The van der Waals surface area contributed by atoms with Crippen molar-refractivity contribution in [3.63, 3.8) is 0 Å². The van der Waals surface area contributed by atoms with Gasteiger partial charge < -0.3 is 0 Å². The molecule has 0 unspecified atom stereocenters. The van der Waals surface area contributed by atoms with Crippen LogP contribution in [0.15, 0.2) is 48.5 Å². The predicted molar refractivity (Wildman–Crippen MR) is 99.5 cm³/mol. The minimum absolute atomic E-state index is 0.0307. The summed E-state index contributed by atoms with van der Waals surface area (Å²) in [7, 11) is 0. The summed E-state index contributed by atoms with van der Waals surface area (Å²) >= 11 is 0. The smallest absolute Gasteiger partial charge is 0.194 e. The van der Waals surface area contributed by atoms with E-state index in [0.29, 0.717) is 5.56 Å². The maximum atomic E-state index is 14.6. The number of benzene rings is 3. The molecule has 3 aromatic carbocycles. The third-order valence-electron chi connectivity index (χ3n) is 4.69. The third-order valence-corrected chi connectivity index (χ3v) is 4.69. The van der Waals surface area contributed by atoms with E-state index < -0.39 is 29.1 Å². The largest absolute Gasteiger partial charge is 0.204 e. The molecule has 146 valence electrons. The van der Waals surface area contributed by atoms with Crippen molar-refractivity contribution >= 4 is 0 Å². The molecule has 0 aliphatic heterocycles. The van der Waals surface area contributed by atoms with Crippen LogP contribution in [-0.2, 0) is 19.3 Å². The Labute approximate surface area is 160 Å². The molecular formula is C23H19F5. The normalized spacial score (nSPS) is 11.1. The molecule has 0 atom stereocenters. The van der Waals surface area contributed by atoms with Gasteiger partial charge in [-0.3, -0.25) is 0 Å². The lowest BCUT2D eigenvalue weighted by atomic mass is 9.97. The quantitative estimate of drug-likeness (QED) is 0.321. The molecule has 0 heterocycles. The van der Waals surface area contributed by atoms with E-state index in [4.69, 9.17) is 0 Å². The van der Waals surface area contributed by atoms with Crippen LogP contribution in [0.2, 0.25) is 0 Å². The summed E-state index contributed by atoms with van der Waals surface area (Å²) in [6, 6.07) is 12.0. The lowest BCUT2D eigenvalue weighted by Crippen LogP contribution is -2.01. The first-order valence-electron chi connectivity index (χ1n) is 9.10. The Kier molecular flexibility index (Phi) is 6.12. The van der Waals surface area contributed by atoms with Crippen molar-refractivity contribution < 1.29 is 22.0 Å². The van der Waals surface area contributed by atoms with Crippen molar-refractivity contribution in [3.8, 4) is 11.1 Å². The average molecular weight is 390 g/mol. The van der Waals surface area contributed by atoms with E-state index in [2.05, 4.69) is 6.92 Å². The van der Waals surface area contributed by atoms with Crippen molar-refractivity contribution in [2.45, 2.75) is 32.6 Å². The Bertz CT molecular complexity index is 954. The molecule has 28 heavy (non-hydrogen) atoms. The van der Waals surface area contributed by atoms with Gasteiger partial charge in [0.15, 0.2) is 29.1 Å². The molecule has 0 nitrogen and oxygen atoms in total. The van der Waals surface area contributed by atoms with E-state index in [-0.39, 0.29) is 29.5 Å². The van der Waals surface area contributed by atoms with E-state index in [1.54, 1.807) is 12.1 Å². The van der Waals surface area contributed by atoms with Crippen LogP contribution in [0.25, 0.3) is 11.1 Å². The summed E-state index contributed by atoms with van der Waals surface area (Å²) < 4.78 is 68.6. The Morgan fingerprint density at radius 1 is 0.607 bits per heavy atom. The standard InChI is InChI=1S/C23H19F5/c1-2-3-14-4-7-16(8-5-14)18-11-10-17(21(26)22(18)27)9-6-15-12-19(24)23(28)20(25)13-15/h4-5,7-8,10-13H,2-3,6,9H2,1H3. The highest BCUT2D eigenvalue weighted by atomic mass is 19.2. The van der Waals surface area contributed by atoms with Gasteiger partial charge in [0.1, 0.15) is 0 Å². The topological polar surface area (TPSA) is 0 Å². The first kappa shape index (κ1) is 20.1. The van der Waals surface area contributed by atoms with Crippen LogP contribution in [0.1, 0.15) is 30.0 Å². The van der Waals surface area contributed by atoms with Gasteiger partial charge in [-0.25, -0.2) is 22.0 Å². The summed E-state index contributed by atoms with van der Waals surface area (Å²) in [6.45, 7) is 2.07. The van der Waals surface area contributed by atoms with E-state index in [0.717, 1.165) is 30.5 Å². The predicted octanol–water partition coefficient (Wildman–Crippen LogP) is 6.79. The van der Waals surface area contributed by atoms with Gasteiger partial charge >= 0.3 is 0 Å². The zero-order valence-corrected chi connectivity index (χ0v) is 15.3. The van der Waals surface area contributed by atoms with Crippen LogP contribution in [0.4, 0.5) is 22.0 Å². The summed E-state index contributed by atoms with van der Waals surface area (Å²) in [5.74, 6) is -6.10. The van der Waals surface area contributed by atoms with Gasteiger partial charge in [0.2, 0.25) is 0 Å². The van der Waals surface area contributed by atoms with Gasteiger partial charge in [-0.05, 0) is 53.6 Å². The minimum Gasteiger partial charge on any atom is -0.204 e. The number of rotatable bonds is 6. The molecule has 0 aliphatic carbocycles. The monoisotopic (exact) mass is 390 g/mol. The lowest BCUT2D eigenvalue weighted by molar-refractivity contribution is 0.445. The van der Waals surface area contributed by atoms with Crippen LogP contribution in [0.5, 0.6) is 0 Å². The SMILES string of the molecule is CCCc1ccc(-c2ccc(CCc3cc(F)c(F)c(F)c3)c(F)c2F)cc1. The fraction of sp³-hybridized carbons (Fsp3) is 0.217. The van der Waals surface area contributed by atoms with E-state index in [1.807, 2.05) is 12.1 Å². The summed E-state index contributed by atoms with van der Waals surface area (Å²) in [6.07, 6.45) is 2.00. The molecule has 0 radical (unpaired) electrons.